The van der Waals surface area contributed by atoms with Crippen molar-refractivity contribution in [3.05, 3.63) is 114 Å². The molecule has 5 amide bonds. The van der Waals surface area contributed by atoms with Crippen LogP contribution in [-0.4, -0.2) is 74.5 Å². The summed E-state index contributed by atoms with van der Waals surface area (Å²) in [5, 5.41) is 9.24. The number of nitrogens with zero attached hydrogens (tertiary/aromatic N) is 3. The molecule has 5 fully saturated rings. The summed E-state index contributed by atoms with van der Waals surface area (Å²) in [6.45, 7) is 1.09. The van der Waals surface area contributed by atoms with Crippen LogP contribution in [0.15, 0.2) is 91.1 Å². The zero-order chi connectivity index (χ0) is 39.8. The van der Waals surface area contributed by atoms with E-state index in [9.17, 15) is 24.0 Å². The van der Waals surface area contributed by atoms with E-state index in [2.05, 4.69) is 45.2 Å². The Morgan fingerprint density at radius 1 is 0.638 bits per heavy atom. The molecule has 4 aromatic rings. The molecule has 300 valence electrons. The largest absolute Gasteiger partial charge is 0.352 e. The number of imidazole rings is 1. The first-order chi connectivity index (χ1) is 28.3. The first kappa shape index (κ1) is 37.8. The van der Waals surface area contributed by atoms with Crippen molar-refractivity contribution in [2.24, 2.45) is 11.8 Å². The van der Waals surface area contributed by atoms with Gasteiger partial charge in [0.25, 0.3) is 0 Å². The van der Waals surface area contributed by atoms with Gasteiger partial charge in [0.1, 0.15) is 23.9 Å². The molecule has 4 N–H and O–H groups in total. The quantitative estimate of drug-likeness (QED) is 0.138. The van der Waals surface area contributed by atoms with E-state index in [0.717, 1.165) is 86.0 Å². The highest BCUT2D eigenvalue weighted by molar-refractivity contribution is 5.94. The molecule has 3 heterocycles. The van der Waals surface area contributed by atoms with Crippen LogP contribution in [0.1, 0.15) is 111 Å². The number of aromatic amines is 1. The Morgan fingerprint density at radius 2 is 1.19 bits per heavy atom. The number of carbonyl (C=O) groups excluding carboxylic acids is 5. The molecule has 0 radical (unpaired) electrons. The smallest absolute Gasteiger partial charge is 0.250 e. The third kappa shape index (κ3) is 8.01. The van der Waals surface area contributed by atoms with E-state index in [4.69, 9.17) is 4.98 Å². The summed E-state index contributed by atoms with van der Waals surface area (Å²) in [6, 6.07) is 24.9. The Bertz CT molecular complexity index is 2140. The molecule has 58 heavy (non-hydrogen) atoms. The molecule has 0 bridgehead atoms. The molecule has 0 unspecified atom stereocenters. The van der Waals surface area contributed by atoms with Gasteiger partial charge in [-0.25, -0.2) is 4.98 Å². The SMILES string of the molecule is O=C(N[C@@H](C(=O)N1CCC[C@H]1C(=O)NC1CC(c2ccc(-c3cnc([C@@H]4CCCN4C(=O)[C@H](NC(=O)C4CC4)c4ccccc4)[nH]3)cc2)C1)c1ccccc1)C1CC1. The van der Waals surface area contributed by atoms with Gasteiger partial charge in [-0.2, -0.15) is 0 Å². The van der Waals surface area contributed by atoms with Crippen LogP contribution >= 0.6 is 0 Å². The van der Waals surface area contributed by atoms with E-state index in [0.29, 0.717) is 25.4 Å². The summed E-state index contributed by atoms with van der Waals surface area (Å²) >= 11 is 0. The molecule has 12 nitrogen and oxygen atoms in total. The summed E-state index contributed by atoms with van der Waals surface area (Å²) in [5.74, 6) is 0.403. The van der Waals surface area contributed by atoms with Gasteiger partial charge in [-0.05, 0) is 92.4 Å². The monoisotopic (exact) mass is 781 g/mol. The highest BCUT2D eigenvalue weighted by Crippen LogP contribution is 2.39. The Hall–Kier alpha value is -5.78. The fourth-order valence-corrected chi connectivity index (χ4v) is 8.92. The van der Waals surface area contributed by atoms with Crippen molar-refractivity contribution in [1.82, 2.24) is 35.7 Å². The number of hydrogen-bond acceptors (Lipinski definition) is 6. The Kier molecular flexibility index (Phi) is 10.6. The van der Waals surface area contributed by atoms with Crippen LogP contribution in [0.5, 0.6) is 0 Å². The number of rotatable bonds is 13. The molecule has 3 aliphatic carbocycles. The van der Waals surface area contributed by atoms with Gasteiger partial charge in [-0.15, -0.1) is 0 Å². The normalized spacial score (nSPS) is 23.7. The van der Waals surface area contributed by atoms with Crippen molar-refractivity contribution >= 4 is 29.5 Å². The van der Waals surface area contributed by atoms with Crippen LogP contribution in [-0.2, 0) is 24.0 Å². The highest BCUT2D eigenvalue weighted by Gasteiger charge is 2.42. The van der Waals surface area contributed by atoms with Crippen LogP contribution in [0.25, 0.3) is 11.3 Å². The number of aromatic nitrogens is 2. The fourth-order valence-electron chi connectivity index (χ4n) is 8.92. The van der Waals surface area contributed by atoms with Gasteiger partial charge in [-0.3, -0.25) is 24.0 Å². The molecule has 1 aromatic heterocycles. The average molecular weight is 782 g/mol. The summed E-state index contributed by atoms with van der Waals surface area (Å²) in [4.78, 5) is 78.9. The first-order valence-electron chi connectivity index (χ1n) is 21.1. The minimum Gasteiger partial charge on any atom is -0.352 e. The Balaban J connectivity index is 0.796. The molecule has 9 rings (SSSR count). The number of benzene rings is 3. The maximum atomic E-state index is 14.1. The standard InChI is InChI=1S/C46H51N7O5/c54-42(32-19-20-32)50-39(30-9-3-1-4-10-30)45(57)52-23-7-13-37(52)41-47-27-36(49-41)29-17-15-28(16-18-29)34-25-35(26-34)48-44(56)38-14-8-24-53(38)46(58)40(31-11-5-2-6-12-31)51-43(55)33-21-22-33/h1-6,9-12,15-18,27,32-35,37-40H,7-8,13-14,19-26H2,(H,47,49)(H,48,56)(H,50,54)(H,51,55)/t34?,35?,37-,38-,39+,40+/m0/s1. The van der Waals surface area contributed by atoms with Gasteiger partial charge in [0, 0.05) is 31.0 Å². The van der Waals surface area contributed by atoms with Gasteiger partial charge in [0.2, 0.25) is 29.5 Å². The number of likely N-dealkylation sites (tertiary alicyclic amines) is 2. The van der Waals surface area contributed by atoms with Crippen LogP contribution in [0.3, 0.4) is 0 Å². The van der Waals surface area contributed by atoms with Gasteiger partial charge < -0.3 is 30.7 Å². The zero-order valence-corrected chi connectivity index (χ0v) is 32.6. The lowest BCUT2D eigenvalue weighted by molar-refractivity contribution is -0.142. The molecular formula is C46H51N7O5. The predicted octanol–water partition coefficient (Wildman–Crippen LogP) is 5.63. The van der Waals surface area contributed by atoms with E-state index in [1.807, 2.05) is 71.8 Å². The second kappa shape index (κ2) is 16.2. The minimum absolute atomic E-state index is 0.00122. The van der Waals surface area contributed by atoms with E-state index in [1.54, 1.807) is 4.90 Å². The maximum Gasteiger partial charge on any atom is 0.250 e. The van der Waals surface area contributed by atoms with Gasteiger partial charge >= 0.3 is 0 Å². The number of nitrogens with one attached hydrogen (secondary N) is 4. The van der Waals surface area contributed by atoms with Gasteiger partial charge in [0.05, 0.1) is 17.9 Å². The third-order valence-corrected chi connectivity index (χ3v) is 12.7. The van der Waals surface area contributed by atoms with Crippen LogP contribution in [0.2, 0.25) is 0 Å². The van der Waals surface area contributed by atoms with Crippen LogP contribution < -0.4 is 16.0 Å². The Morgan fingerprint density at radius 3 is 1.78 bits per heavy atom. The summed E-state index contributed by atoms with van der Waals surface area (Å²) in [5.41, 5.74) is 4.58. The lowest BCUT2D eigenvalue weighted by Crippen LogP contribution is -2.53. The van der Waals surface area contributed by atoms with E-state index in [1.165, 1.54) is 5.56 Å². The van der Waals surface area contributed by atoms with Crippen LogP contribution in [0.4, 0.5) is 0 Å². The topological polar surface area (TPSA) is 157 Å². The second-order valence-electron chi connectivity index (χ2n) is 16.8. The molecule has 2 saturated heterocycles. The van der Waals surface area contributed by atoms with Gasteiger partial charge in [0.15, 0.2) is 0 Å². The van der Waals surface area contributed by atoms with E-state index in [-0.39, 0.29) is 53.5 Å². The minimum atomic E-state index is -0.807. The van der Waals surface area contributed by atoms with E-state index < -0.39 is 18.1 Å². The molecule has 0 spiro atoms. The molecule has 3 aromatic carbocycles. The van der Waals surface area contributed by atoms with Crippen molar-refractivity contribution in [1.29, 1.82) is 0 Å². The van der Waals surface area contributed by atoms with Crippen molar-refractivity contribution in [3.8, 4) is 11.3 Å². The average Bonchev–Trinajstić information content (AvgIpc) is 4.11. The highest BCUT2D eigenvalue weighted by atomic mass is 16.2. The number of carbonyl (C=O) groups is 5. The third-order valence-electron chi connectivity index (χ3n) is 12.7. The lowest BCUT2D eigenvalue weighted by atomic mass is 9.75. The number of H-pyrrole nitrogens is 1. The second-order valence-corrected chi connectivity index (χ2v) is 16.8. The predicted molar refractivity (Wildman–Crippen MR) is 216 cm³/mol. The van der Waals surface area contributed by atoms with Crippen molar-refractivity contribution in [2.75, 3.05) is 13.1 Å². The maximum absolute atomic E-state index is 14.1. The van der Waals surface area contributed by atoms with Crippen LogP contribution in [0, 0.1) is 11.8 Å². The zero-order valence-electron chi connectivity index (χ0n) is 32.6. The summed E-state index contributed by atoms with van der Waals surface area (Å²) in [6.07, 6.45) is 9.88. The summed E-state index contributed by atoms with van der Waals surface area (Å²) < 4.78 is 0. The molecule has 5 aliphatic rings. The summed E-state index contributed by atoms with van der Waals surface area (Å²) in [7, 11) is 0. The van der Waals surface area contributed by atoms with Crippen molar-refractivity contribution < 1.29 is 24.0 Å². The Labute approximate surface area is 338 Å². The molecule has 3 saturated carbocycles. The lowest BCUT2D eigenvalue weighted by Gasteiger charge is -2.38. The molecule has 2 aliphatic heterocycles. The van der Waals surface area contributed by atoms with Crippen molar-refractivity contribution in [3.63, 3.8) is 0 Å². The molecule has 4 atom stereocenters. The van der Waals surface area contributed by atoms with Gasteiger partial charge in [-0.1, -0.05) is 84.9 Å². The number of hydrogen-bond donors (Lipinski definition) is 4. The molecular weight excluding hydrogens is 731 g/mol. The number of amides is 5. The van der Waals surface area contributed by atoms with E-state index >= 15 is 0 Å². The molecule has 12 heteroatoms. The van der Waals surface area contributed by atoms with Crippen molar-refractivity contribution in [2.45, 2.75) is 100 Å². The first-order valence-corrected chi connectivity index (χ1v) is 21.1. The fraction of sp³-hybridized carbons (Fsp3) is 0.435.